The Hall–Kier alpha value is -2.56. The molecule has 2 heterocycles. The molecule has 1 unspecified atom stereocenters. The van der Waals surface area contributed by atoms with Crippen molar-refractivity contribution in [3.8, 4) is 11.6 Å². The van der Waals surface area contributed by atoms with Crippen LogP contribution >= 0.6 is 0 Å². The SMILES string of the molecule is CC(C)(C)OC(=O)N1CCCC1c1ccc(Oc2ccccc2)nc1. The summed E-state index contributed by atoms with van der Waals surface area (Å²) in [5, 5.41) is 0. The van der Waals surface area contributed by atoms with Gasteiger partial charge in [-0.05, 0) is 51.3 Å². The van der Waals surface area contributed by atoms with Gasteiger partial charge in [0.05, 0.1) is 6.04 Å². The summed E-state index contributed by atoms with van der Waals surface area (Å²) in [6, 6.07) is 13.4. The molecule has 5 heteroatoms. The number of carbonyl (C=O) groups excluding carboxylic acids is 1. The second-order valence-electron chi connectivity index (χ2n) is 7.18. The van der Waals surface area contributed by atoms with Gasteiger partial charge in [-0.1, -0.05) is 24.3 Å². The fourth-order valence-corrected chi connectivity index (χ4v) is 2.91. The number of para-hydroxylation sites is 1. The van der Waals surface area contributed by atoms with Crippen LogP contribution in [0.3, 0.4) is 0 Å². The first kappa shape index (κ1) is 17.3. The predicted molar refractivity (Wildman–Crippen MR) is 95.7 cm³/mol. The van der Waals surface area contributed by atoms with Crippen molar-refractivity contribution < 1.29 is 14.3 Å². The van der Waals surface area contributed by atoms with Crippen LogP contribution in [0.1, 0.15) is 45.2 Å². The van der Waals surface area contributed by atoms with Gasteiger partial charge in [0.15, 0.2) is 0 Å². The van der Waals surface area contributed by atoms with Gasteiger partial charge in [0, 0.05) is 18.8 Å². The summed E-state index contributed by atoms with van der Waals surface area (Å²) in [5.41, 5.74) is 0.513. The van der Waals surface area contributed by atoms with Crippen molar-refractivity contribution in [3.05, 3.63) is 54.2 Å². The largest absolute Gasteiger partial charge is 0.444 e. The third-order valence-electron chi connectivity index (χ3n) is 3.99. The molecule has 1 atom stereocenters. The van der Waals surface area contributed by atoms with E-state index in [0.717, 1.165) is 24.2 Å². The van der Waals surface area contributed by atoms with Crippen LogP contribution in [0.2, 0.25) is 0 Å². The first-order chi connectivity index (χ1) is 11.9. The van der Waals surface area contributed by atoms with Crippen LogP contribution in [0.5, 0.6) is 11.6 Å². The fourth-order valence-electron chi connectivity index (χ4n) is 2.91. The van der Waals surface area contributed by atoms with Gasteiger partial charge in [-0.15, -0.1) is 0 Å². The Morgan fingerprint density at radius 2 is 1.92 bits per heavy atom. The molecule has 0 spiro atoms. The quantitative estimate of drug-likeness (QED) is 0.793. The smallest absolute Gasteiger partial charge is 0.410 e. The van der Waals surface area contributed by atoms with E-state index in [1.807, 2.05) is 63.2 Å². The monoisotopic (exact) mass is 340 g/mol. The van der Waals surface area contributed by atoms with Gasteiger partial charge < -0.3 is 14.4 Å². The van der Waals surface area contributed by atoms with E-state index in [2.05, 4.69) is 4.98 Å². The molecular weight excluding hydrogens is 316 g/mol. The van der Waals surface area contributed by atoms with Crippen molar-refractivity contribution in [2.75, 3.05) is 6.54 Å². The summed E-state index contributed by atoms with van der Waals surface area (Å²) < 4.78 is 11.2. The predicted octanol–water partition coefficient (Wildman–Crippen LogP) is 4.95. The molecule has 1 saturated heterocycles. The van der Waals surface area contributed by atoms with Gasteiger partial charge in [-0.2, -0.15) is 0 Å². The first-order valence-electron chi connectivity index (χ1n) is 8.61. The summed E-state index contributed by atoms with van der Waals surface area (Å²) in [7, 11) is 0. The number of benzene rings is 1. The average Bonchev–Trinajstić information content (AvgIpc) is 3.05. The zero-order valence-electron chi connectivity index (χ0n) is 14.9. The maximum Gasteiger partial charge on any atom is 0.410 e. The summed E-state index contributed by atoms with van der Waals surface area (Å²) in [6.45, 7) is 6.36. The van der Waals surface area contributed by atoms with Crippen LogP contribution in [0.4, 0.5) is 4.79 Å². The Morgan fingerprint density at radius 3 is 2.56 bits per heavy atom. The second-order valence-corrected chi connectivity index (χ2v) is 7.18. The molecule has 1 aliphatic rings. The molecule has 0 saturated carbocycles. The maximum absolute atomic E-state index is 12.4. The van der Waals surface area contributed by atoms with Crippen molar-refractivity contribution in [1.29, 1.82) is 0 Å². The molecule has 1 amide bonds. The van der Waals surface area contributed by atoms with Crippen molar-refractivity contribution in [3.63, 3.8) is 0 Å². The van der Waals surface area contributed by atoms with E-state index in [-0.39, 0.29) is 12.1 Å². The lowest BCUT2D eigenvalue weighted by atomic mass is 10.1. The molecule has 1 aromatic heterocycles. The highest BCUT2D eigenvalue weighted by molar-refractivity contribution is 5.69. The van der Waals surface area contributed by atoms with E-state index in [9.17, 15) is 4.79 Å². The number of ether oxygens (including phenoxy) is 2. The normalized spacial score (nSPS) is 17.4. The van der Waals surface area contributed by atoms with E-state index in [1.54, 1.807) is 11.1 Å². The Morgan fingerprint density at radius 1 is 1.16 bits per heavy atom. The molecule has 0 radical (unpaired) electrons. The Bertz CT molecular complexity index is 708. The summed E-state index contributed by atoms with van der Waals surface area (Å²) >= 11 is 0. The van der Waals surface area contributed by atoms with Crippen molar-refractivity contribution in [2.45, 2.75) is 45.3 Å². The minimum Gasteiger partial charge on any atom is -0.444 e. The Balaban J connectivity index is 1.69. The zero-order chi connectivity index (χ0) is 17.9. The van der Waals surface area contributed by atoms with E-state index in [0.29, 0.717) is 12.4 Å². The van der Waals surface area contributed by atoms with Gasteiger partial charge in [0.1, 0.15) is 11.4 Å². The molecule has 1 aromatic carbocycles. The van der Waals surface area contributed by atoms with Crippen LogP contribution in [0, 0.1) is 0 Å². The molecule has 25 heavy (non-hydrogen) atoms. The van der Waals surface area contributed by atoms with Crippen LogP contribution in [-0.2, 0) is 4.74 Å². The van der Waals surface area contributed by atoms with Gasteiger partial charge in [-0.25, -0.2) is 9.78 Å². The Labute approximate surface area is 148 Å². The lowest BCUT2D eigenvalue weighted by Gasteiger charge is -2.28. The highest BCUT2D eigenvalue weighted by Crippen LogP contribution is 2.33. The molecular formula is C20H24N2O3. The molecule has 0 aliphatic carbocycles. The summed E-state index contributed by atoms with van der Waals surface area (Å²) in [6.07, 6.45) is 3.40. The van der Waals surface area contributed by atoms with E-state index < -0.39 is 5.60 Å². The third-order valence-corrected chi connectivity index (χ3v) is 3.99. The number of rotatable bonds is 3. The van der Waals surface area contributed by atoms with Crippen molar-refractivity contribution in [1.82, 2.24) is 9.88 Å². The minimum absolute atomic E-state index is 0.00752. The first-order valence-corrected chi connectivity index (χ1v) is 8.61. The molecule has 1 aliphatic heterocycles. The van der Waals surface area contributed by atoms with Gasteiger partial charge in [0.25, 0.3) is 0 Å². The number of aromatic nitrogens is 1. The summed E-state index contributed by atoms with van der Waals surface area (Å²) in [5.74, 6) is 1.29. The van der Waals surface area contributed by atoms with Gasteiger partial charge in [0.2, 0.25) is 5.88 Å². The number of nitrogens with zero attached hydrogens (tertiary/aromatic N) is 2. The van der Waals surface area contributed by atoms with Crippen LogP contribution in [0.25, 0.3) is 0 Å². The standard InChI is InChI=1S/C20H24N2O3/c1-20(2,3)25-19(23)22-13-7-10-17(22)15-11-12-18(21-14-15)24-16-8-5-4-6-9-16/h4-6,8-9,11-12,14,17H,7,10,13H2,1-3H3. The van der Waals surface area contributed by atoms with Crippen LogP contribution < -0.4 is 4.74 Å². The molecule has 3 rings (SSSR count). The van der Waals surface area contributed by atoms with Crippen LogP contribution in [0.15, 0.2) is 48.7 Å². The lowest BCUT2D eigenvalue weighted by molar-refractivity contribution is 0.0224. The molecule has 132 valence electrons. The Kier molecular flexibility index (Phi) is 4.93. The zero-order valence-corrected chi connectivity index (χ0v) is 14.9. The molecule has 1 fully saturated rings. The topological polar surface area (TPSA) is 51.7 Å². The third kappa shape index (κ3) is 4.50. The number of carbonyl (C=O) groups is 1. The van der Waals surface area contributed by atoms with E-state index in [4.69, 9.17) is 9.47 Å². The number of hydrogen-bond acceptors (Lipinski definition) is 4. The number of amides is 1. The number of likely N-dealkylation sites (tertiary alicyclic amines) is 1. The number of pyridine rings is 1. The molecule has 2 aromatic rings. The number of hydrogen-bond donors (Lipinski definition) is 0. The average molecular weight is 340 g/mol. The van der Waals surface area contributed by atoms with Gasteiger partial charge in [-0.3, -0.25) is 0 Å². The van der Waals surface area contributed by atoms with E-state index in [1.165, 1.54) is 0 Å². The fraction of sp³-hybridized carbons (Fsp3) is 0.400. The van der Waals surface area contributed by atoms with Crippen molar-refractivity contribution in [2.24, 2.45) is 0 Å². The maximum atomic E-state index is 12.4. The van der Waals surface area contributed by atoms with Crippen molar-refractivity contribution >= 4 is 6.09 Å². The lowest BCUT2D eigenvalue weighted by Crippen LogP contribution is -2.36. The molecule has 5 nitrogen and oxygen atoms in total. The molecule has 0 N–H and O–H groups in total. The minimum atomic E-state index is -0.490. The molecule has 0 bridgehead atoms. The second kappa shape index (κ2) is 7.13. The highest BCUT2D eigenvalue weighted by Gasteiger charge is 2.33. The van der Waals surface area contributed by atoms with Gasteiger partial charge >= 0.3 is 6.09 Å². The van der Waals surface area contributed by atoms with Crippen LogP contribution in [-0.4, -0.2) is 28.1 Å². The highest BCUT2D eigenvalue weighted by atomic mass is 16.6. The van der Waals surface area contributed by atoms with E-state index >= 15 is 0 Å². The summed E-state index contributed by atoms with van der Waals surface area (Å²) in [4.78, 5) is 18.6.